The van der Waals surface area contributed by atoms with Crippen molar-refractivity contribution in [3.05, 3.63) is 36.0 Å². The van der Waals surface area contributed by atoms with Gasteiger partial charge in [-0.25, -0.2) is 4.79 Å². The Morgan fingerprint density at radius 2 is 1.38 bits per heavy atom. The number of carboxylic acid groups (broad SMARTS) is 2. The number of aromatic amines is 1. The number of nitrogens with one attached hydrogen (secondary N) is 4. The van der Waals surface area contributed by atoms with Crippen LogP contribution >= 0.6 is 0 Å². The molecule has 0 saturated heterocycles. The van der Waals surface area contributed by atoms with E-state index in [9.17, 15) is 38.7 Å². The summed E-state index contributed by atoms with van der Waals surface area (Å²) in [5, 5.41) is 25.7. The highest BCUT2D eigenvalue weighted by molar-refractivity contribution is 5.97. The first-order valence-electron chi connectivity index (χ1n) is 12.0. The van der Waals surface area contributed by atoms with Crippen LogP contribution in [0.4, 0.5) is 0 Å². The zero-order chi connectivity index (χ0) is 30.0. The van der Waals surface area contributed by atoms with Gasteiger partial charge in [-0.2, -0.15) is 0 Å². The Morgan fingerprint density at radius 1 is 0.800 bits per heavy atom. The van der Waals surface area contributed by atoms with Crippen LogP contribution in [0.2, 0.25) is 0 Å². The normalized spacial score (nSPS) is 13.8. The lowest BCUT2D eigenvalue weighted by Gasteiger charge is -2.24. The summed E-state index contributed by atoms with van der Waals surface area (Å²) in [7, 11) is 0. The summed E-state index contributed by atoms with van der Waals surface area (Å²) in [6.45, 7) is 0. The lowest BCUT2D eigenvalue weighted by molar-refractivity contribution is -0.143. The molecule has 0 aliphatic carbocycles. The maximum Gasteiger partial charge on any atom is 0.326 e. The highest BCUT2D eigenvalue weighted by atomic mass is 16.4. The Morgan fingerprint density at radius 3 is 1.98 bits per heavy atom. The highest BCUT2D eigenvalue weighted by Gasteiger charge is 2.32. The lowest BCUT2D eigenvalue weighted by Crippen LogP contribution is -2.58. The number of hydrogen-bond acceptors (Lipinski definition) is 8. The molecule has 40 heavy (non-hydrogen) atoms. The molecule has 2 rings (SSSR count). The Balaban J connectivity index is 2.30. The van der Waals surface area contributed by atoms with Gasteiger partial charge in [0, 0.05) is 29.9 Å². The lowest BCUT2D eigenvalue weighted by atomic mass is 10.0. The van der Waals surface area contributed by atoms with Gasteiger partial charge in [0.05, 0.1) is 18.9 Å². The highest BCUT2D eigenvalue weighted by Crippen LogP contribution is 2.19. The number of carbonyl (C=O) groups is 7. The van der Waals surface area contributed by atoms with Crippen molar-refractivity contribution in [3.63, 3.8) is 0 Å². The minimum absolute atomic E-state index is 0.119. The van der Waals surface area contributed by atoms with Crippen LogP contribution in [0.5, 0.6) is 0 Å². The molecular weight excluding hydrogens is 530 g/mol. The third kappa shape index (κ3) is 9.39. The summed E-state index contributed by atoms with van der Waals surface area (Å²) in [4.78, 5) is 86.9. The second-order valence-electron chi connectivity index (χ2n) is 8.97. The number of fused-ring (bicyclic) bond motifs is 1. The maximum atomic E-state index is 13.3. The number of aromatic nitrogens is 1. The molecule has 12 N–H and O–H groups in total. The van der Waals surface area contributed by atoms with Crippen LogP contribution in [-0.4, -0.2) is 80.8 Å². The van der Waals surface area contributed by atoms with Crippen molar-refractivity contribution in [2.45, 2.75) is 56.3 Å². The number of benzene rings is 1. The van der Waals surface area contributed by atoms with E-state index in [1.54, 1.807) is 30.5 Å². The van der Waals surface area contributed by atoms with Crippen LogP contribution in [0.25, 0.3) is 10.9 Å². The number of amides is 5. The van der Waals surface area contributed by atoms with Crippen LogP contribution in [0.1, 0.15) is 31.2 Å². The monoisotopic (exact) mass is 561 g/mol. The van der Waals surface area contributed by atoms with Crippen LogP contribution in [0.15, 0.2) is 30.5 Å². The number of carbonyl (C=O) groups excluding carboxylic acids is 5. The summed E-state index contributed by atoms with van der Waals surface area (Å²) in [6.07, 6.45) is -0.802. The van der Waals surface area contributed by atoms with E-state index in [1.165, 1.54) is 0 Å². The molecule has 4 atom stereocenters. The van der Waals surface area contributed by atoms with Crippen LogP contribution in [-0.2, 0) is 40.0 Å². The predicted molar refractivity (Wildman–Crippen MR) is 138 cm³/mol. The minimum atomic E-state index is -1.67. The van der Waals surface area contributed by atoms with Crippen LogP contribution < -0.4 is 33.2 Å². The molecule has 16 heteroatoms. The quantitative estimate of drug-likeness (QED) is 0.101. The van der Waals surface area contributed by atoms with Gasteiger partial charge in [-0.3, -0.25) is 28.8 Å². The van der Waals surface area contributed by atoms with Crippen LogP contribution in [0, 0.1) is 0 Å². The molecule has 0 bridgehead atoms. The van der Waals surface area contributed by atoms with E-state index in [0.29, 0.717) is 5.56 Å². The van der Waals surface area contributed by atoms with Gasteiger partial charge in [0.2, 0.25) is 29.5 Å². The van der Waals surface area contributed by atoms with Crippen molar-refractivity contribution in [1.29, 1.82) is 0 Å². The summed E-state index contributed by atoms with van der Waals surface area (Å²) < 4.78 is 0. The summed E-state index contributed by atoms with van der Waals surface area (Å²) >= 11 is 0. The van der Waals surface area contributed by atoms with Gasteiger partial charge in [-0.1, -0.05) is 18.2 Å². The summed E-state index contributed by atoms with van der Waals surface area (Å²) in [6, 6.07) is 1.03. The molecule has 1 aromatic carbocycles. The Bertz CT molecular complexity index is 1290. The number of carboxylic acids is 2. The van der Waals surface area contributed by atoms with Gasteiger partial charge in [0.1, 0.15) is 18.1 Å². The summed E-state index contributed by atoms with van der Waals surface area (Å²) in [5.74, 6) is -7.67. The zero-order valence-electron chi connectivity index (χ0n) is 21.2. The third-order valence-electron chi connectivity index (χ3n) is 5.79. The van der Waals surface area contributed by atoms with E-state index in [2.05, 4.69) is 20.9 Å². The largest absolute Gasteiger partial charge is 0.481 e. The second kappa shape index (κ2) is 14.2. The molecule has 216 valence electrons. The van der Waals surface area contributed by atoms with Gasteiger partial charge in [-0.15, -0.1) is 0 Å². The molecule has 0 fully saturated rings. The smallest absolute Gasteiger partial charge is 0.326 e. The predicted octanol–water partition coefficient (Wildman–Crippen LogP) is -2.81. The van der Waals surface area contributed by atoms with E-state index < -0.39 is 91.3 Å². The molecular formula is C24H31N7O9. The molecule has 5 amide bonds. The Hall–Kier alpha value is -4.99. The molecule has 2 aromatic rings. The van der Waals surface area contributed by atoms with Crippen molar-refractivity contribution in [1.82, 2.24) is 20.9 Å². The van der Waals surface area contributed by atoms with E-state index >= 15 is 0 Å². The fourth-order valence-electron chi connectivity index (χ4n) is 3.80. The van der Waals surface area contributed by atoms with Gasteiger partial charge in [0.15, 0.2) is 0 Å². The number of H-pyrrole nitrogens is 1. The molecule has 4 unspecified atom stereocenters. The maximum absolute atomic E-state index is 13.3. The van der Waals surface area contributed by atoms with Gasteiger partial charge in [-0.05, 0) is 18.1 Å². The molecule has 1 heterocycles. The van der Waals surface area contributed by atoms with Crippen molar-refractivity contribution in [2.24, 2.45) is 17.2 Å². The molecule has 0 radical (unpaired) electrons. The average Bonchev–Trinajstić information content (AvgIpc) is 3.27. The first-order chi connectivity index (χ1) is 18.8. The number of primary amides is 2. The molecule has 1 aromatic heterocycles. The molecule has 0 saturated carbocycles. The molecule has 0 aliphatic rings. The second-order valence-corrected chi connectivity index (χ2v) is 8.97. The van der Waals surface area contributed by atoms with Crippen LogP contribution in [0.3, 0.4) is 0 Å². The van der Waals surface area contributed by atoms with E-state index in [-0.39, 0.29) is 6.42 Å². The standard InChI is InChI=1S/C24H31N7O9/c25-13(8-18(26)32)21(36)30-16(7-11-10-28-14-4-2-1-3-12(11)14)22(37)31-17(9-19(27)33)23(38)29-15(24(39)40)5-6-20(34)35/h1-4,10,13,15-17,28H,5-9,25H2,(H2,26,32)(H2,27,33)(H,29,38)(H,30,36)(H,31,37)(H,34,35)(H,39,40). The van der Waals surface area contributed by atoms with Gasteiger partial charge in [0.25, 0.3) is 0 Å². The first kappa shape index (κ1) is 31.2. The van der Waals surface area contributed by atoms with E-state index in [4.69, 9.17) is 22.3 Å². The third-order valence-corrected chi connectivity index (χ3v) is 5.79. The SMILES string of the molecule is NC(=O)CC(N)C(=O)NC(Cc1c[nH]c2ccccc12)C(=O)NC(CC(N)=O)C(=O)NC(CCC(=O)O)C(=O)O. The van der Waals surface area contributed by atoms with Gasteiger partial charge < -0.3 is 48.3 Å². The number of para-hydroxylation sites is 1. The average molecular weight is 562 g/mol. The van der Waals surface area contributed by atoms with E-state index in [1.807, 2.05) is 0 Å². The Labute approximate surface area is 227 Å². The molecule has 16 nitrogen and oxygen atoms in total. The fraction of sp³-hybridized carbons (Fsp3) is 0.375. The Kier molecular flexibility index (Phi) is 11.1. The zero-order valence-corrected chi connectivity index (χ0v) is 21.2. The minimum Gasteiger partial charge on any atom is -0.481 e. The number of rotatable bonds is 16. The van der Waals surface area contributed by atoms with Crippen molar-refractivity contribution in [2.75, 3.05) is 0 Å². The van der Waals surface area contributed by atoms with Crippen molar-refractivity contribution in [3.8, 4) is 0 Å². The topological polar surface area (TPSA) is 290 Å². The summed E-state index contributed by atoms with van der Waals surface area (Å²) in [5.41, 5.74) is 17.3. The van der Waals surface area contributed by atoms with Crippen molar-refractivity contribution < 1.29 is 43.8 Å². The number of aliphatic carboxylic acids is 2. The van der Waals surface area contributed by atoms with Gasteiger partial charge >= 0.3 is 11.9 Å². The van der Waals surface area contributed by atoms with E-state index in [0.717, 1.165) is 10.9 Å². The van der Waals surface area contributed by atoms with Crippen molar-refractivity contribution >= 4 is 52.4 Å². The molecule has 0 spiro atoms. The molecule has 0 aliphatic heterocycles. The number of hydrogen-bond donors (Lipinski definition) is 9. The first-order valence-corrected chi connectivity index (χ1v) is 12.0. The number of nitrogens with two attached hydrogens (primary N) is 3. The fourth-order valence-corrected chi connectivity index (χ4v) is 3.80.